The maximum atomic E-state index is 5.87. The van der Waals surface area contributed by atoms with Crippen molar-refractivity contribution in [2.45, 2.75) is 40.2 Å². The van der Waals surface area contributed by atoms with E-state index in [4.69, 9.17) is 21.7 Å². The molecule has 4 aromatic rings. The summed E-state index contributed by atoms with van der Waals surface area (Å²) in [6.45, 7) is 8.36. The van der Waals surface area contributed by atoms with Crippen LogP contribution in [0.4, 0.5) is 5.69 Å². The summed E-state index contributed by atoms with van der Waals surface area (Å²) < 4.78 is 5.87. The first kappa shape index (κ1) is 23.0. The van der Waals surface area contributed by atoms with E-state index < -0.39 is 0 Å². The molecule has 5 nitrogen and oxygen atoms in total. The minimum Gasteiger partial charge on any atom is -0.351 e. The van der Waals surface area contributed by atoms with Crippen LogP contribution in [0.5, 0.6) is 0 Å². The average Bonchev–Trinajstić information content (AvgIpc) is 3.35. The molecule has 2 heterocycles. The molecule has 0 saturated heterocycles. The molecule has 0 aliphatic carbocycles. The Morgan fingerprint density at radius 1 is 0.886 bits per heavy atom. The molecule has 1 N–H and O–H groups in total. The lowest BCUT2D eigenvalue weighted by Gasteiger charge is -2.37. The topological polar surface area (TPSA) is 54.2 Å². The Kier molecular flexibility index (Phi) is 6.22. The van der Waals surface area contributed by atoms with Gasteiger partial charge in [-0.15, -0.1) is 0 Å². The molecule has 5 rings (SSSR count). The van der Waals surface area contributed by atoms with Crippen molar-refractivity contribution < 1.29 is 4.52 Å². The Morgan fingerprint density at radius 3 is 2.14 bits per heavy atom. The van der Waals surface area contributed by atoms with Crippen molar-refractivity contribution in [2.75, 3.05) is 4.90 Å². The highest BCUT2D eigenvalue weighted by atomic mass is 32.1. The molecule has 1 aliphatic rings. The molecule has 1 aliphatic heterocycles. The number of hydrogen-bond donors (Lipinski definition) is 1. The molecule has 1 atom stereocenters. The normalized spacial score (nSPS) is 15.9. The first-order valence-corrected chi connectivity index (χ1v) is 12.2. The largest absolute Gasteiger partial charge is 0.351 e. The number of thiocarbonyl (C=S) groups is 1. The minimum absolute atomic E-state index is 0.208. The monoisotopic (exact) mass is 480 g/mol. The third-order valence-corrected chi connectivity index (χ3v) is 6.76. The summed E-state index contributed by atoms with van der Waals surface area (Å²) in [7, 11) is 0. The van der Waals surface area contributed by atoms with Crippen LogP contribution in [0.15, 0.2) is 83.0 Å². The molecule has 3 aromatic carbocycles. The zero-order valence-electron chi connectivity index (χ0n) is 20.4. The van der Waals surface area contributed by atoms with Crippen LogP contribution in [0.25, 0.3) is 17.0 Å². The molecular weight excluding hydrogens is 452 g/mol. The van der Waals surface area contributed by atoms with Crippen LogP contribution < -0.4 is 10.2 Å². The smallest absolute Gasteiger partial charge is 0.258 e. The van der Waals surface area contributed by atoms with Gasteiger partial charge in [0.1, 0.15) is 0 Å². The Morgan fingerprint density at radius 2 is 1.51 bits per heavy atom. The van der Waals surface area contributed by atoms with E-state index in [2.05, 4.69) is 98.8 Å². The fraction of sp³-hybridized carbons (Fsp3) is 0.207. The van der Waals surface area contributed by atoms with Gasteiger partial charge in [-0.1, -0.05) is 83.9 Å². The van der Waals surface area contributed by atoms with Gasteiger partial charge in [-0.3, -0.25) is 4.90 Å². The van der Waals surface area contributed by atoms with Crippen LogP contribution in [-0.4, -0.2) is 15.3 Å². The lowest BCUT2D eigenvalue weighted by Crippen LogP contribution is -2.46. The summed E-state index contributed by atoms with van der Waals surface area (Å²) in [5.41, 5.74) is 8.53. The van der Waals surface area contributed by atoms with Gasteiger partial charge in [0.2, 0.25) is 5.82 Å². The van der Waals surface area contributed by atoms with Gasteiger partial charge in [0.25, 0.3) is 5.89 Å². The fourth-order valence-electron chi connectivity index (χ4n) is 4.37. The SMILES string of the molecule is CCc1ccc(-c2noc(C3=C(C)N(c4ccc(C)cc4)C(=S)NC3c3ccc(C)cc3)n2)cc1. The van der Waals surface area contributed by atoms with Crippen molar-refractivity contribution in [3.8, 4) is 11.4 Å². The van der Waals surface area contributed by atoms with E-state index in [9.17, 15) is 0 Å². The Bertz CT molecular complexity index is 1390. The van der Waals surface area contributed by atoms with Gasteiger partial charge in [0.05, 0.1) is 11.6 Å². The van der Waals surface area contributed by atoms with E-state index in [1.54, 1.807) is 0 Å². The molecule has 6 heteroatoms. The van der Waals surface area contributed by atoms with Crippen LogP contribution in [0.2, 0.25) is 0 Å². The van der Waals surface area contributed by atoms with Gasteiger partial charge >= 0.3 is 0 Å². The number of nitrogens with zero attached hydrogens (tertiary/aromatic N) is 3. The van der Waals surface area contributed by atoms with Crippen molar-refractivity contribution in [2.24, 2.45) is 0 Å². The third kappa shape index (κ3) is 4.49. The second kappa shape index (κ2) is 9.47. The van der Waals surface area contributed by atoms with Crippen molar-refractivity contribution in [1.29, 1.82) is 0 Å². The predicted octanol–water partition coefficient (Wildman–Crippen LogP) is 6.78. The number of benzene rings is 3. The van der Waals surface area contributed by atoms with Crippen LogP contribution >= 0.6 is 12.2 Å². The lowest BCUT2D eigenvalue weighted by molar-refractivity contribution is 0.404. The van der Waals surface area contributed by atoms with Crippen LogP contribution in [0, 0.1) is 13.8 Å². The Balaban J connectivity index is 1.62. The zero-order chi connectivity index (χ0) is 24.5. The summed E-state index contributed by atoms with van der Waals surface area (Å²) in [5.74, 6) is 1.05. The van der Waals surface area contributed by atoms with Crippen molar-refractivity contribution >= 4 is 28.6 Å². The minimum atomic E-state index is -0.208. The molecule has 35 heavy (non-hydrogen) atoms. The van der Waals surface area contributed by atoms with Gasteiger partial charge in [0.15, 0.2) is 5.11 Å². The molecule has 0 fully saturated rings. The van der Waals surface area contributed by atoms with Crippen LogP contribution in [0.1, 0.15) is 48.0 Å². The molecule has 0 amide bonds. The van der Waals surface area contributed by atoms with E-state index in [1.807, 2.05) is 17.0 Å². The number of rotatable bonds is 5. The molecular formula is C29H28N4OS. The van der Waals surface area contributed by atoms with Crippen LogP contribution in [0.3, 0.4) is 0 Å². The van der Waals surface area contributed by atoms with Crippen molar-refractivity contribution in [3.05, 3.63) is 107 Å². The van der Waals surface area contributed by atoms with Crippen LogP contribution in [-0.2, 0) is 6.42 Å². The molecule has 176 valence electrons. The maximum Gasteiger partial charge on any atom is 0.258 e. The highest BCUT2D eigenvalue weighted by Crippen LogP contribution is 2.39. The summed E-state index contributed by atoms with van der Waals surface area (Å²) in [5, 5.41) is 8.49. The molecule has 0 saturated carbocycles. The number of nitrogens with one attached hydrogen (secondary N) is 1. The van der Waals surface area contributed by atoms with E-state index >= 15 is 0 Å². The van der Waals surface area contributed by atoms with E-state index in [0.29, 0.717) is 16.8 Å². The molecule has 0 spiro atoms. The summed E-state index contributed by atoms with van der Waals surface area (Å²) in [6, 6.07) is 24.8. The molecule has 1 aromatic heterocycles. The van der Waals surface area contributed by atoms with Crippen molar-refractivity contribution in [1.82, 2.24) is 15.5 Å². The van der Waals surface area contributed by atoms with Gasteiger partial charge in [-0.25, -0.2) is 0 Å². The zero-order valence-corrected chi connectivity index (χ0v) is 21.2. The predicted molar refractivity (Wildman–Crippen MR) is 145 cm³/mol. The standard InChI is InChI=1S/C29H28N4OS/c1-5-21-10-14-23(15-11-21)27-31-28(34-32-27)25-20(4)33(24-16-8-19(3)9-17-24)29(35)30-26(25)22-12-6-18(2)7-13-22/h6-17,26H,5H2,1-4H3,(H,30,35). The number of allylic oxidation sites excluding steroid dienone is 1. The van der Waals surface area contributed by atoms with Gasteiger partial charge in [-0.05, 0) is 62.7 Å². The molecule has 0 radical (unpaired) electrons. The molecule has 0 bridgehead atoms. The first-order chi connectivity index (χ1) is 16.9. The maximum absolute atomic E-state index is 5.87. The number of hydrogen-bond acceptors (Lipinski definition) is 4. The molecule has 1 unspecified atom stereocenters. The number of aromatic nitrogens is 2. The quantitative estimate of drug-likeness (QED) is 0.318. The van der Waals surface area contributed by atoms with Crippen molar-refractivity contribution in [3.63, 3.8) is 0 Å². The van der Waals surface area contributed by atoms with E-state index in [0.717, 1.165) is 34.5 Å². The number of anilines is 1. The second-order valence-corrected chi connectivity index (χ2v) is 9.32. The first-order valence-electron chi connectivity index (χ1n) is 11.8. The third-order valence-electron chi connectivity index (χ3n) is 6.46. The average molecular weight is 481 g/mol. The lowest BCUT2D eigenvalue weighted by atomic mass is 9.94. The van der Waals surface area contributed by atoms with E-state index in [-0.39, 0.29) is 6.04 Å². The van der Waals surface area contributed by atoms with E-state index in [1.165, 1.54) is 16.7 Å². The summed E-state index contributed by atoms with van der Waals surface area (Å²) in [6.07, 6.45) is 0.989. The van der Waals surface area contributed by atoms with Gasteiger partial charge in [0, 0.05) is 16.9 Å². The number of aryl methyl sites for hydroxylation is 3. The van der Waals surface area contributed by atoms with Gasteiger partial charge in [-0.2, -0.15) is 4.98 Å². The summed E-state index contributed by atoms with van der Waals surface area (Å²) >= 11 is 5.84. The Hall–Kier alpha value is -3.77. The fourth-order valence-corrected chi connectivity index (χ4v) is 4.73. The highest BCUT2D eigenvalue weighted by Gasteiger charge is 2.34. The second-order valence-electron chi connectivity index (χ2n) is 8.94. The summed E-state index contributed by atoms with van der Waals surface area (Å²) in [4.78, 5) is 6.86. The Labute approximate surface area is 211 Å². The van der Waals surface area contributed by atoms with Gasteiger partial charge < -0.3 is 9.84 Å². The highest BCUT2D eigenvalue weighted by molar-refractivity contribution is 7.80.